The van der Waals surface area contributed by atoms with Gasteiger partial charge in [-0.05, 0) is 37.7 Å². The number of thioether (sulfide) groups is 1. The van der Waals surface area contributed by atoms with Crippen molar-refractivity contribution in [2.24, 2.45) is 0 Å². The molecule has 1 saturated heterocycles. The molecule has 4 heteroatoms. The van der Waals surface area contributed by atoms with E-state index in [1.807, 2.05) is 0 Å². The Labute approximate surface area is 118 Å². The van der Waals surface area contributed by atoms with E-state index in [-0.39, 0.29) is 0 Å². The van der Waals surface area contributed by atoms with Crippen molar-refractivity contribution >= 4 is 22.8 Å². The van der Waals surface area contributed by atoms with Gasteiger partial charge in [0.05, 0.1) is 17.6 Å². The summed E-state index contributed by atoms with van der Waals surface area (Å²) in [7, 11) is 0. The molecule has 1 aliphatic heterocycles. The van der Waals surface area contributed by atoms with Crippen LogP contribution in [0.25, 0.3) is 11.0 Å². The zero-order valence-electron chi connectivity index (χ0n) is 11.4. The van der Waals surface area contributed by atoms with Crippen molar-refractivity contribution in [3.63, 3.8) is 0 Å². The highest BCUT2D eigenvalue weighted by atomic mass is 32.2. The van der Waals surface area contributed by atoms with Gasteiger partial charge in [-0.3, -0.25) is 0 Å². The molecule has 0 spiro atoms. The molecular weight excluding hydrogens is 254 g/mol. The van der Waals surface area contributed by atoms with Crippen LogP contribution >= 0.6 is 11.8 Å². The number of hydrogen-bond donors (Lipinski definition) is 1. The van der Waals surface area contributed by atoms with Gasteiger partial charge in [0.2, 0.25) is 0 Å². The van der Waals surface area contributed by atoms with E-state index in [2.05, 4.69) is 52.8 Å². The molecular formula is C15H21N3S. The Morgan fingerprint density at radius 2 is 2.32 bits per heavy atom. The van der Waals surface area contributed by atoms with Gasteiger partial charge >= 0.3 is 0 Å². The van der Waals surface area contributed by atoms with Gasteiger partial charge < -0.3 is 9.88 Å². The van der Waals surface area contributed by atoms with Gasteiger partial charge in [-0.15, -0.1) is 0 Å². The van der Waals surface area contributed by atoms with Gasteiger partial charge in [-0.25, -0.2) is 4.98 Å². The monoisotopic (exact) mass is 275 g/mol. The number of nitrogens with zero attached hydrogens (tertiary/aromatic N) is 2. The lowest BCUT2D eigenvalue weighted by molar-refractivity contribution is 0.491. The second-order valence-corrected chi connectivity index (χ2v) is 6.21. The fourth-order valence-electron chi connectivity index (χ4n) is 2.75. The molecule has 2 aromatic rings. The molecule has 3 rings (SSSR count). The minimum atomic E-state index is 0.656. The van der Waals surface area contributed by atoms with Crippen molar-refractivity contribution in [1.82, 2.24) is 14.9 Å². The average molecular weight is 275 g/mol. The zero-order chi connectivity index (χ0) is 13.1. The van der Waals surface area contributed by atoms with Gasteiger partial charge in [-0.2, -0.15) is 11.8 Å². The topological polar surface area (TPSA) is 29.9 Å². The van der Waals surface area contributed by atoms with Crippen LogP contribution in [0.5, 0.6) is 0 Å². The van der Waals surface area contributed by atoms with Gasteiger partial charge in [0, 0.05) is 18.3 Å². The molecule has 1 aromatic heterocycles. The van der Waals surface area contributed by atoms with E-state index in [0.717, 1.165) is 18.6 Å². The van der Waals surface area contributed by atoms with E-state index in [9.17, 15) is 0 Å². The van der Waals surface area contributed by atoms with E-state index >= 15 is 0 Å². The van der Waals surface area contributed by atoms with E-state index in [1.54, 1.807) is 0 Å². The number of para-hydroxylation sites is 2. The summed E-state index contributed by atoms with van der Waals surface area (Å²) in [5, 5.41) is 3.67. The van der Waals surface area contributed by atoms with Gasteiger partial charge in [0.1, 0.15) is 5.82 Å². The van der Waals surface area contributed by atoms with Gasteiger partial charge in [0.15, 0.2) is 0 Å². The Bertz CT molecular complexity index is 543. The number of rotatable bonds is 4. The van der Waals surface area contributed by atoms with Crippen molar-refractivity contribution in [2.75, 3.05) is 11.5 Å². The van der Waals surface area contributed by atoms with Crippen LogP contribution in [0.3, 0.4) is 0 Å². The predicted octanol–water partition coefficient (Wildman–Crippen LogP) is 3.04. The highest BCUT2D eigenvalue weighted by Crippen LogP contribution is 2.19. The van der Waals surface area contributed by atoms with Crippen LogP contribution in [0.1, 0.15) is 25.6 Å². The number of benzene rings is 1. The van der Waals surface area contributed by atoms with Crippen LogP contribution in [-0.2, 0) is 13.1 Å². The van der Waals surface area contributed by atoms with E-state index in [4.69, 9.17) is 4.98 Å². The van der Waals surface area contributed by atoms with E-state index in [1.165, 1.54) is 35.7 Å². The molecule has 1 fully saturated rings. The maximum absolute atomic E-state index is 4.76. The molecule has 0 bridgehead atoms. The van der Waals surface area contributed by atoms with Crippen LogP contribution in [0.4, 0.5) is 0 Å². The maximum Gasteiger partial charge on any atom is 0.123 e. The number of hydrogen-bond acceptors (Lipinski definition) is 3. The lowest BCUT2D eigenvalue weighted by Crippen LogP contribution is -2.34. The smallest absolute Gasteiger partial charge is 0.123 e. The van der Waals surface area contributed by atoms with Gasteiger partial charge in [0.25, 0.3) is 0 Å². The van der Waals surface area contributed by atoms with Crippen LogP contribution in [0.2, 0.25) is 0 Å². The van der Waals surface area contributed by atoms with Crippen LogP contribution in [-0.4, -0.2) is 27.1 Å². The standard InChI is InChI=1S/C15H21N3S/c1-2-18-14-8-4-3-7-13(14)17-15(18)10-16-12-6-5-9-19-11-12/h3-4,7-8,12,16H,2,5-6,9-11H2,1H3. The third-order valence-electron chi connectivity index (χ3n) is 3.76. The fourth-order valence-corrected chi connectivity index (χ4v) is 3.86. The second-order valence-electron chi connectivity index (χ2n) is 5.06. The van der Waals surface area contributed by atoms with Crippen molar-refractivity contribution in [2.45, 2.75) is 38.9 Å². The molecule has 1 N–H and O–H groups in total. The highest BCUT2D eigenvalue weighted by Gasteiger charge is 2.15. The molecule has 3 nitrogen and oxygen atoms in total. The van der Waals surface area contributed by atoms with Crippen molar-refractivity contribution < 1.29 is 0 Å². The Kier molecular flexibility index (Phi) is 4.09. The molecule has 1 aromatic carbocycles. The first-order chi connectivity index (χ1) is 9.38. The number of fused-ring (bicyclic) bond motifs is 1. The third kappa shape index (κ3) is 2.79. The first-order valence-corrected chi connectivity index (χ1v) is 8.29. The van der Waals surface area contributed by atoms with Crippen molar-refractivity contribution in [1.29, 1.82) is 0 Å². The lowest BCUT2D eigenvalue weighted by Gasteiger charge is -2.22. The molecule has 1 atom stereocenters. The first kappa shape index (κ1) is 13.0. The van der Waals surface area contributed by atoms with Crippen LogP contribution in [0, 0.1) is 0 Å². The summed E-state index contributed by atoms with van der Waals surface area (Å²) in [4.78, 5) is 4.76. The number of nitrogens with one attached hydrogen (secondary N) is 1. The minimum absolute atomic E-state index is 0.656. The largest absolute Gasteiger partial charge is 0.327 e. The van der Waals surface area contributed by atoms with Crippen molar-refractivity contribution in [3.05, 3.63) is 30.1 Å². The van der Waals surface area contributed by atoms with Gasteiger partial charge in [-0.1, -0.05) is 12.1 Å². The SMILES string of the molecule is CCn1c(CNC2CCCSC2)nc2ccccc21. The minimum Gasteiger partial charge on any atom is -0.327 e. The third-order valence-corrected chi connectivity index (χ3v) is 4.97. The molecule has 0 radical (unpaired) electrons. The molecule has 1 unspecified atom stereocenters. The van der Waals surface area contributed by atoms with Crippen LogP contribution in [0.15, 0.2) is 24.3 Å². The molecule has 1 aliphatic rings. The quantitative estimate of drug-likeness (QED) is 0.930. The number of aryl methyl sites for hydroxylation is 1. The Balaban J connectivity index is 1.76. The summed E-state index contributed by atoms with van der Waals surface area (Å²) in [6.45, 7) is 4.05. The highest BCUT2D eigenvalue weighted by molar-refractivity contribution is 7.99. The molecule has 102 valence electrons. The Morgan fingerprint density at radius 1 is 1.42 bits per heavy atom. The summed E-state index contributed by atoms with van der Waals surface area (Å²) in [5.74, 6) is 3.73. The van der Waals surface area contributed by atoms with Crippen molar-refractivity contribution in [3.8, 4) is 0 Å². The summed E-state index contributed by atoms with van der Waals surface area (Å²) < 4.78 is 2.32. The fraction of sp³-hybridized carbons (Fsp3) is 0.533. The molecule has 2 heterocycles. The second kappa shape index (κ2) is 5.97. The van der Waals surface area contributed by atoms with E-state index < -0.39 is 0 Å². The summed E-state index contributed by atoms with van der Waals surface area (Å²) in [6, 6.07) is 9.06. The Morgan fingerprint density at radius 3 is 3.11 bits per heavy atom. The molecule has 0 saturated carbocycles. The van der Waals surface area contributed by atoms with Crippen LogP contribution < -0.4 is 5.32 Å². The summed E-state index contributed by atoms with van der Waals surface area (Å²) in [6.07, 6.45) is 2.64. The maximum atomic E-state index is 4.76. The zero-order valence-corrected chi connectivity index (χ0v) is 12.2. The predicted molar refractivity (Wildman–Crippen MR) is 82.6 cm³/mol. The molecule has 19 heavy (non-hydrogen) atoms. The normalized spacial score (nSPS) is 19.9. The molecule has 0 aliphatic carbocycles. The first-order valence-electron chi connectivity index (χ1n) is 7.13. The molecule has 0 amide bonds. The number of aromatic nitrogens is 2. The number of imidazole rings is 1. The summed E-state index contributed by atoms with van der Waals surface area (Å²) in [5.41, 5.74) is 2.36. The summed E-state index contributed by atoms with van der Waals surface area (Å²) >= 11 is 2.06. The van der Waals surface area contributed by atoms with E-state index in [0.29, 0.717) is 6.04 Å². The lowest BCUT2D eigenvalue weighted by atomic mass is 10.2. The average Bonchev–Trinajstić information content (AvgIpc) is 2.83. The Hall–Kier alpha value is -1.00.